The molecule has 0 heterocycles. The number of rotatable bonds is 6. The summed E-state index contributed by atoms with van der Waals surface area (Å²) in [6, 6.07) is 8.20. The molecule has 1 aromatic carbocycles. The number of allylic oxidation sites excluding steroid dienone is 3. The fourth-order valence-electron chi connectivity index (χ4n) is 2.30. The van der Waals surface area contributed by atoms with E-state index >= 15 is 0 Å². The van der Waals surface area contributed by atoms with Gasteiger partial charge in [-0.15, -0.1) is 13.2 Å². The minimum Gasteiger partial charge on any atom is -0.483 e. The zero-order valence-corrected chi connectivity index (χ0v) is 11.2. The molecule has 0 bridgehead atoms. The zero-order chi connectivity index (χ0) is 13.6. The van der Waals surface area contributed by atoms with E-state index in [9.17, 15) is 0 Å². The van der Waals surface area contributed by atoms with Gasteiger partial charge in [0.2, 0.25) is 0 Å². The van der Waals surface area contributed by atoms with Gasteiger partial charge in [0, 0.05) is 12.8 Å². The van der Waals surface area contributed by atoms with E-state index in [2.05, 4.69) is 43.5 Å². The first-order valence-electron chi connectivity index (χ1n) is 6.62. The molecule has 1 nitrogen and oxygen atoms in total. The predicted octanol–water partition coefficient (Wildman–Crippen LogP) is 4.62. The lowest BCUT2D eigenvalue weighted by molar-refractivity contribution is 0.125. The van der Waals surface area contributed by atoms with Gasteiger partial charge in [-0.3, -0.25) is 0 Å². The second-order valence-corrected chi connectivity index (χ2v) is 4.79. The van der Waals surface area contributed by atoms with Crippen molar-refractivity contribution in [2.75, 3.05) is 0 Å². The molecule has 0 spiro atoms. The van der Waals surface area contributed by atoms with Crippen LogP contribution in [0, 0.1) is 0 Å². The zero-order valence-electron chi connectivity index (χ0n) is 11.2. The second kappa shape index (κ2) is 6.24. The van der Waals surface area contributed by atoms with E-state index in [4.69, 9.17) is 4.74 Å². The monoisotopic (exact) mass is 252 g/mol. The van der Waals surface area contributed by atoms with Crippen molar-refractivity contribution in [2.24, 2.45) is 0 Å². The van der Waals surface area contributed by atoms with Crippen molar-refractivity contribution in [3.05, 3.63) is 79.4 Å². The molecule has 1 heteroatoms. The lowest BCUT2D eigenvalue weighted by Gasteiger charge is -2.31. The van der Waals surface area contributed by atoms with Crippen molar-refractivity contribution >= 4 is 0 Å². The largest absolute Gasteiger partial charge is 0.483 e. The van der Waals surface area contributed by atoms with Crippen molar-refractivity contribution < 1.29 is 4.74 Å². The molecule has 0 aromatic heterocycles. The molecule has 19 heavy (non-hydrogen) atoms. The maximum Gasteiger partial charge on any atom is 0.134 e. The summed E-state index contributed by atoms with van der Waals surface area (Å²) in [5.41, 5.74) is 0.931. The van der Waals surface area contributed by atoms with Crippen LogP contribution in [0.2, 0.25) is 0 Å². The normalized spacial score (nSPS) is 21.1. The fraction of sp³-hybridized carbons (Fsp3) is 0.222. The molecule has 1 unspecified atom stereocenters. The summed E-state index contributed by atoms with van der Waals surface area (Å²) in [5.74, 6) is 0.904. The number of benzene rings is 1. The number of hydrogen-bond donors (Lipinski definition) is 0. The Balaban J connectivity index is 2.19. The first-order valence-corrected chi connectivity index (χ1v) is 6.62. The van der Waals surface area contributed by atoms with Gasteiger partial charge in [0.1, 0.15) is 11.4 Å². The minimum absolute atomic E-state index is 0.288. The van der Waals surface area contributed by atoms with Crippen LogP contribution in [0.4, 0.5) is 0 Å². The van der Waals surface area contributed by atoms with E-state index in [0.29, 0.717) is 0 Å². The quantitative estimate of drug-likeness (QED) is 0.671. The highest BCUT2D eigenvalue weighted by Crippen LogP contribution is 2.29. The Kier molecular flexibility index (Phi) is 4.40. The Morgan fingerprint density at radius 2 is 2.11 bits per heavy atom. The topological polar surface area (TPSA) is 9.23 Å². The Bertz CT molecular complexity index is 506. The highest BCUT2D eigenvalue weighted by atomic mass is 16.5. The lowest BCUT2D eigenvalue weighted by atomic mass is 9.91. The van der Waals surface area contributed by atoms with Gasteiger partial charge in [-0.25, -0.2) is 0 Å². The molecule has 2 rings (SSSR count). The van der Waals surface area contributed by atoms with E-state index in [1.54, 1.807) is 0 Å². The minimum atomic E-state index is -0.288. The molecule has 0 aliphatic heterocycles. The molecule has 0 saturated carbocycles. The molecule has 0 N–H and O–H groups in total. The van der Waals surface area contributed by atoms with Crippen LogP contribution in [-0.4, -0.2) is 5.60 Å². The van der Waals surface area contributed by atoms with Crippen molar-refractivity contribution in [2.45, 2.75) is 24.9 Å². The molecule has 0 saturated heterocycles. The third kappa shape index (κ3) is 3.47. The first kappa shape index (κ1) is 13.4. The van der Waals surface area contributed by atoms with Gasteiger partial charge >= 0.3 is 0 Å². The Morgan fingerprint density at radius 3 is 2.79 bits per heavy atom. The maximum atomic E-state index is 6.23. The first-order chi connectivity index (χ1) is 9.28. The van der Waals surface area contributed by atoms with Gasteiger partial charge < -0.3 is 4.74 Å². The van der Waals surface area contributed by atoms with Gasteiger partial charge in [0.25, 0.3) is 0 Å². The average molecular weight is 252 g/mol. The van der Waals surface area contributed by atoms with E-state index in [1.807, 2.05) is 30.4 Å². The van der Waals surface area contributed by atoms with Crippen molar-refractivity contribution in [3.63, 3.8) is 0 Å². The predicted molar refractivity (Wildman–Crippen MR) is 81.4 cm³/mol. The SMILES string of the molecule is C=CCc1cccc(OC2(CC=C)C=CC=CC2)c1. The smallest absolute Gasteiger partial charge is 0.134 e. The summed E-state index contributed by atoms with van der Waals surface area (Å²) in [6.07, 6.45) is 14.7. The fourth-order valence-corrected chi connectivity index (χ4v) is 2.30. The molecule has 0 amide bonds. The van der Waals surface area contributed by atoms with Gasteiger partial charge in [0.15, 0.2) is 0 Å². The van der Waals surface area contributed by atoms with Crippen LogP contribution in [0.15, 0.2) is 73.9 Å². The molecule has 1 aliphatic rings. The molecule has 0 radical (unpaired) electrons. The molecular formula is C18H20O. The molecule has 0 fully saturated rings. The van der Waals surface area contributed by atoms with Gasteiger partial charge in [-0.05, 0) is 30.2 Å². The van der Waals surface area contributed by atoms with Crippen LogP contribution < -0.4 is 4.74 Å². The van der Waals surface area contributed by atoms with E-state index < -0.39 is 0 Å². The van der Waals surface area contributed by atoms with Crippen molar-refractivity contribution in [1.29, 1.82) is 0 Å². The molecule has 1 aliphatic carbocycles. The number of hydrogen-bond acceptors (Lipinski definition) is 1. The molecule has 1 aromatic rings. The summed E-state index contributed by atoms with van der Waals surface area (Å²) in [4.78, 5) is 0. The maximum absolute atomic E-state index is 6.23. The van der Waals surface area contributed by atoms with Gasteiger partial charge in [-0.2, -0.15) is 0 Å². The summed E-state index contributed by atoms with van der Waals surface area (Å²) >= 11 is 0. The number of ether oxygens (including phenoxy) is 1. The van der Waals surface area contributed by atoms with Crippen molar-refractivity contribution in [1.82, 2.24) is 0 Å². The second-order valence-electron chi connectivity index (χ2n) is 4.79. The highest BCUT2D eigenvalue weighted by molar-refractivity contribution is 5.32. The highest BCUT2D eigenvalue weighted by Gasteiger charge is 2.27. The summed E-state index contributed by atoms with van der Waals surface area (Å²) in [5, 5.41) is 0. The summed E-state index contributed by atoms with van der Waals surface area (Å²) in [6.45, 7) is 7.61. The van der Waals surface area contributed by atoms with Crippen LogP contribution >= 0.6 is 0 Å². The lowest BCUT2D eigenvalue weighted by Crippen LogP contribution is -2.33. The molecule has 1 atom stereocenters. The summed E-state index contributed by atoms with van der Waals surface area (Å²) in [7, 11) is 0. The Hall–Kier alpha value is -2.02. The third-order valence-electron chi connectivity index (χ3n) is 3.20. The van der Waals surface area contributed by atoms with Crippen molar-refractivity contribution in [3.8, 4) is 5.75 Å². The van der Waals surface area contributed by atoms with E-state index in [1.165, 1.54) is 5.56 Å². The van der Waals surface area contributed by atoms with E-state index in [-0.39, 0.29) is 5.60 Å². The van der Waals surface area contributed by atoms with Crippen LogP contribution in [0.3, 0.4) is 0 Å². The van der Waals surface area contributed by atoms with E-state index in [0.717, 1.165) is 25.0 Å². The van der Waals surface area contributed by atoms with Gasteiger partial charge in [0.05, 0.1) is 0 Å². The Labute approximate surface area is 115 Å². The third-order valence-corrected chi connectivity index (χ3v) is 3.20. The van der Waals surface area contributed by atoms with Crippen LogP contribution in [-0.2, 0) is 6.42 Å². The van der Waals surface area contributed by atoms with Crippen LogP contribution in [0.5, 0.6) is 5.75 Å². The molecular weight excluding hydrogens is 232 g/mol. The van der Waals surface area contributed by atoms with Crippen LogP contribution in [0.25, 0.3) is 0 Å². The van der Waals surface area contributed by atoms with Gasteiger partial charge in [-0.1, -0.05) is 42.5 Å². The molecule has 98 valence electrons. The Morgan fingerprint density at radius 1 is 1.21 bits per heavy atom. The standard InChI is InChI=1S/C18H20O/c1-3-9-16-10-8-11-17(15-16)19-18(12-4-2)13-6-5-7-14-18/h3-8,10-11,13,15H,1-2,9,12,14H2. The average Bonchev–Trinajstić information content (AvgIpc) is 2.41. The van der Waals surface area contributed by atoms with Crippen LogP contribution in [0.1, 0.15) is 18.4 Å². The summed E-state index contributed by atoms with van der Waals surface area (Å²) < 4.78 is 6.23.